The van der Waals surface area contributed by atoms with Crippen LogP contribution in [0.1, 0.15) is 67.8 Å². The van der Waals surface area contributed by atoms with Crippen molar-refractivity contribution in [3.8, 4) is 0 Å². The minimum absolute atomic E-state index is 0.0428. The van der Waals surface area contributed by atoms with Crippen molar-refractivity contribution in [3.05, 3.63) is 35.4 Å². The average Bonchev–Trinajstić information content (AvgIpc) is 2.54. The van der Waals surface area contributed by atoms with E-state index in [0.717, 1.165) is 30.7 Å². The molecule has 3 unspecified atom stereocenters. The second kappa shape index (κ2) is 6.74. The van der Waals surface area contributed by atoms with Crippen molar-refractivity contribution in [1.82, 2.24) is 5.32 Å². The van der Waals surface area contributed by atoms with Crippen molar-refractivity contribution in [1.29, 1.82) is 0 Å². The fourth-order valence-electron chi connectivity index (χ4n) is 4.07. The number of rotatable bonds is 4. The molecule has 2 aliphatic rings. The van der Waals surface area contributed by atoms with E-state index in [1.807, 2.05) is 12.1 Å². The SMILES string of the molecule is CCCc1cccc(C(=O)C2CCC3CCCCC3N2)c1. The number of Topliss-reactive ketones (excluding diaryl/α,β-unsaturated/α-hetero) is 1. The second-order valence-corrected chi connectivity index (χ2v) is 6.76. The number of benzene rings is 1. The van der Waals surface area contributed by atoms with Gasteiger partial charge in [0.2, 0.25) is 0 Å². The number of carbonyl (C=O) groups is 1. The summed E-state index contributed by atoms with van der Waals surface area (Å²) in [5, 5.41) is 3.66. The molecule has 1 aliphatic carbocycles. The highest BCUT2D eigenvalue weighted by Crippen LogP contribution is 2.32. The third-order valence-electron chi connectivity index (χ3n) is 5.22. The van der Waals surface area contributed by atoms with Crippen LogP contribution in [0.2, 0.25) is 0 Å². The lowest BCUT2D eigenvalue weighted by Crippen LogP contribution is -2.52. The van der Waals surface area contributed by atoms with E-state index in [4.69, 9.17) is 0 Å². The Balaban J connectivity index is 1.68. The Labute approximate surface area is 128 Å². The lowest BCUT2D eigenvalue weighted by Gasteiger charge is -2.40. The molecule has 2 heteroatoms. The number of ketones is 1. The number of aryl methyl sites for hydroxylation is 1. The maximum Gasteiger partial charge on any atom is 0.179 e. The lowest BCUT2D eigenvalue weighted by molar-refractivity contribution is 0.0861. The Morgan fingerprint density at radius 1 is 1.19 bits per heavy atom. The molecule has 0 spiro atoms. The van der Waals surface area contributed by atoms with Gasteiger partial charge in [-0.3, -0.25) is 4.79 Å². The zero-order valence-corrected chi connectivity index (χ0v) is 13.1. The first-order chi connectivity index (χ1) is 10.3. The fourth-order valence-corrected chi connectivity index (χ4v) is 4.07. The quantitative estimate of drug-likeness (QED) is 0.843. The average molecular weight is 285 g/mol. The summed E-state index contributed by atoms with van der Waals surface area (Å²) in [6.07, 6.45) is 9.73. The maximum absolute atomic E-state index is 12.8. The van der Waals surface area contributed by atoms with Crippen LogP contribution in [0.3, 0.4) is 0 Å². The molecule has 3 atom stereocenters. The normalized spacial score (nSPS) is 28.9. The van der Waals surface area contributed by atoms with Crippen LogP contribution in [-0.4, -0.2) is 17.9 Å². The number of nitrogens with one attached hydrogen (secondary N) is 1. The molecule has 1 heterocycles. The third kappa shape index (κ3) is 3.37. The summed E-state index contributed by atoms with van der Waals surface area (Å²) in [6.45, 7) is 2.18. The highest BCUT2D eigenvalue weighted by atomic mass is 16.1. The monoisotopic (exact) mass is 285 g/mol. The molecule has 0 aromatic heterocycles. The van der Waals surface area contributed by atoms with E-state index in [1.165, 1.54) is 37.7 Å². The molecule has 2 nitrogen and oxygen atoms in total. The van der Waals surface area contributed by atoms with Gasteiger partial charge in [-0.1, -0.05) is 44.4 Å². The smallest absolute Gasteiger partial charge is 0.179 e. The van der Waals surface area contributed by atoms with Crippen molar-refractivity contribution in [2.75, 3.05) is 0 Å². The summed E-state index contributed by atoms with van der Waals surface area (Å²) in [7, 11) is 0. The molecule has 0 amide bonds. The first kappa shape index (κ1) is 14.8. The molecule has 1 N–H and O–H groups in total. The molecular formula is C19H27NO. The highest BCUT2D eigenvalue weighted by Gasteiger charge is 2.34. The lowest BCUT2D eigenvalue weighted by atomic mass is 9.77. The summed E-state index contributed by atoms with van der Waals surface area (Å²) < 4.78 is 0. The molecule has 1 aromatic rings. The Bertz CT molecular complexity index is 496. The van der Waals surface area contributed by atoms with E-state index in [-0.39, 0.29) is 6.04 Å². The van der Waals surface area contributed by atoms with Crippen molar-refractivity contribution < 1.29 is 4.79 Å². The fraction of sp³-hybridized carbons (Fsp3) is 0.632. The first-order valence-electron chi connectivity index (χ1n) is 8.67. The molecule has 1 saturated carbocycles. The number of carbonyl (C=O) groups excluding carboxylic acids is 1. The Morgan fingerprint density at radius 3 is 2.90 bits per heavy atom. The molecule has 1 aliphatic heterocycles. The van der Waals surface area contributed by atoms with Gasteiger partial charge in [-0.25, -0.2) is 0 Å². The Hall–Kier alpha value is -1.15. The van der Waals surface area contributed by atoms with Gasteiger partial charge in [0, 0.05) is 11.6 Å². The van der Waals surface area contributed by atoms with Crippen LogP contribution in [0.4, 0.5) is 0 Å². The van der Waals surface area contributed by atoms with Gasteiger partial charge < -0.3 is 5.32 Å². The largest absolute Gasteiger partial charge is 0.304 e. The van der Waals surface area contributed by atoms with Gasteiger partial charge in [-0.05, 0) is 49.7 Å². The van der Waals surface area contributed by atoms with Gasteiger partial charge in [0.25, 0.3) is 0 Å². The van der Waals surface area contributed by atoms with Gasteiger partial charge in [0.15, 0.2) is 5.78 Å². The van der Waals surface area contributed by atoms with Crippen molar-refractivity contribution >= 4 is 5.78 Å². The predicted molar refractivity (Wildman–Crippen MR) is 86.7 cm³/mol. The van der Waals surface area contributed by atoms with Crippen LogP contribution in [-0.2, 0) is 6.42 Å². The molecule has 1 saturated heterocycles. The van der Waals surface area contributed by atoms with E-state index in [0.29, 0.717) is 11.8 Å². The Morgan fingerprint density at radius 2 is 2.05 bits per heavy atom. The highest BCUT2D eigenvalue weighted by molar-refractivity contribution is 6.00. The minimum atomic E-state index is 0.0428. The molecule has 2 fully saturated rings. The van der Waals surface area contributed by atoms with E-state index in [9.17, 15) is 4.79 Å². The number of fused-ring (bicyclic) bond motifs is 1. The summed E-state index contributed by atoms with van der Waals surface area (Å²) in [4.78, 5) is 12.8. The van der Waals surface area contributed by atoms with Crippen LogP contribution in [0.5, 0.6) is 0 Å². The topological polar surface area (TPSA) is 29.1 Å². The van der Waals surface area contributed by atoms with Crippen LogP contribution in [0.25, 0.3) is 0 Å². The summed E-state index contributed by atoms with van der Waals surface area (Å²) in [5.74, 6) is 1.12. The zero-order valence-electron chi connectivity index (χ0n) is 13.1. The number of hydrogen-bond acceptors (Lipinski definition) is 2. The van der Waals surface area contributed by atoms with Gasteiger partial charge in [-0.15, -0.1) is 0 Å². The molecule has 0 bridgehead atoms. The molecule has 1 aromatic carbocycles. The molecular weight excluding hydrogens is 258 g/mol. The van der Waals surface area contributed by atoms with Crippen molar-refractivity contribution in [2.24, 2.45) is 5.92 Å². The molecule has 0 radical (unpaired) electrons. The van der Waals surface area contributed by atoms with Crippen LogP contribution < -0.4 is 5.32 Å². The molecule has 3 rings (SSSR count). The third-order valence-corrected chi connectivity index (χ3v) is 5.22. The van der Waals surface area contributed by atoms with Crippen LogP contribution in [0, 0.1) is 5.92 Å². The van der Waals surface area contributed by atoms with Gasteiger partial charge in [0.05, 0.1) is 6.04 Å². The second-order valence-electron chi connectivity index (χ2n) is 6.76. The standard InChI is InChI=1S/C19H27NO/c1-2-6-14-7-5-9-16(13-14)19(21)18-12-11-15-8-3-4-10-17(15)20-18/h5,7,9,13,15,17-18,20H,2-4,6,8,10-12H2,1H3. The van der Waals surface area contributed by atoms with Gasteiger partial charge >= 0.3 is 0 Å². The van der Waals surface area contributed by atoms with Crippen molar-refractivity contribution in [2.45, 2.75) is 70.4 Å². The van der Waals surface area contributed by atoms with Crippen LogP contribution in [0.15, 0.2) is 24.3 Å². The van der Waals surface area contributed by atoms with Crippen LogP contribution >= 0.6 is 0 Å². The molecule has 21 heavy (non-hydrogen) atoms. The number of piperidine rings is 1. The van der Waals surface area contributed by atoms with Crippen molar-refractivity contribution in [3.63, 3.8) is 0 Å². The summed E-state index contributed by atoms with van der Waals surface area (Å²) in [6, 6.07) is 8.87. The maximum atomic E-state index is 12.8. The zero-order chi connectivity index (χ0) is 14.7. The number of hydrogen-bond donors (Lipinski definition) is 1. The van der Waals surface area contributed by atoms with E-state index in [1.54, 1.807) is 0 Å². The Kier molecular flexibility index (Phi) is 4.74. The molecule has 114 valence electrons. The summed E-state index contributed by atoms with van der Waals surface area (Å²) in [5.41, 5.74) is 2.18. The van der Waals surface area contributed by atoms with E-state index >= 15 is 0 Å². The predicted octanol–water partition coefficient (Wildman–Crippen LogP) is 4.13. The first-order valence-corrected chi connectivity index (χ1v) is 8.67. The van der Waals surface area contributed by atoms with E-state index < -0.39 is 0 Å². The van der Waals surface area contributed by atoms with Gasteiger partial charge in [-0.2, -0.15) is 0 Å². The summed E-state index contributed by atoms with van der Waals surface area (Å²) >= 11 is 0. The van der Waals surface area contributed by atoms with Gasteiger partial charge in [0.1, 0.15) is 0 Å². The van der Waals surface area contributed by atoms with E-state index in [2.05, 4.69) is 24.4 Å². The minimum Gasteiger partial charge on any atom is -0.304 e.